The van der Waals surface area contributed by atoms with Gasteiger partial charge in [-0.3, -0.25) is 33.7 Å². The zero-order chi connectivity index (χ0) is 41.4. The van der Waals surface area contributed by atoms with Gasteiger partial charge in [-0.05, 0) is 57.2 Å². The number of nitrogens with two attached hydrogens (primary N) is 1. The third-order valence-corrected chi connectivity index (χ3v) is 8.40. The molecule has 6 N–H and O–H groups in total. The Hall–Kier alpha value is -5.69. The van der Waals surface area contributed by atoms with Gasteiger partial charge in [0.05, 0.1) is 50.4 Å². The molecule has 7 amide bonds. The van der Waals surface area contributed by atoms with Crippen molar-refractivity contribution in [3.05, 3.63) is 53.9 Å². The summed E-state index contributed by atoms with van der Waals surface area (Å²) in [6, 6.07) is 2.50. The first-order chi connectivity index (χ1) is 26.5. The molecule has 19 heteroatoms. The lowest BCUT2D eigenvalue weighted by atomic mass is 9.97. The maximum absolute atomic E-state index is 13.7. The second-order valence-electron chi connectivity index (χ2n) is 14.4. The van der Waals surface area contributed by atoms with Crippen molar-refractivity contribution in [2.75, 3.05) is 38.8 Å². The molecule has 2 aromatic rings. The van der Waals surface area contributed by atoms with Gasteiger partial charge < -0.3 is 41.2 Å². The number of carbonyl (C=O) groups is 7. The summed E-state index contributed by atoms with van der Waals surface area (Å²) in [6.45, 7) is 10.2. The van der Waals surface area contributed by atoms with Gasteiger partial charge in [0.1, 0.15) is 24.4 Å². The molecule has 3 rings (SSSR count). The number of aromatic nitrogens is 3. The quantitative estimate of drug-likeness (QED) is 0.0640. The van der Waals surface area contributed by atoms with Gasteiger partial charge in [-0.2, -0.15) is 0 Å². The lowest BCUT2D eigenvalue weighted by Gasteiger charge is -2.27. The van der Waals surface area contributed by atoms with E-state index in [0.29, 0.717) is 31.0 Å². The standard InChI is InChI=1S/C37H53N9O10/c1-23(2)32(42-29(47)20-28(46-30(48)13-14-31(46)49)27-21-45(44-43-27)16-17-55-19-18-54-6)34(51)41-26(8-7-15-39-36(38)53)33(50)40-25-11-9-24(10-12-25)22-56-35(52)37(3,4)5/h9-14,21,23,26,28,32H,7-8,15-20,22H2,1-6H3,(H,40,50)(H,41,51)(H,42,47)(H3,38,39,53)/t26-,28+,32-/m0/s1. The first-order valence-corrected chi connectivity index (χ1v) is 18.2. The Balaban J connectivity index is 1.72. The Morgan fingerprint density at radius 1 is 0.929 bits per heavy atom. The number of imide groups is 1. The minimum absolute atomic E-state index is 0.0474. The Morgan fingerprint density at radius 2 is 1.61 bits per heavy atom. The van der Waals surface area contributed by atoms with E-state index in [9.17, 15) is 33.6 Å². The van der Waals surface area contributed by atoms with Crippen LogP contribution in [0.2, 0.25) is 0 Å². The lowest BCUT2D eigenvalue weighted by molar-refractivity contribution is -0.154. The van der Waals surface area contributed by atoms with Crippen molar-refractivity contribution in [1.82, 2.24) is 35.8 Å². The minimum atomic E-state index is -1.14. The van der Waals surface area contributed by atoms with Crippen molar-refractivity contribution in [3.63, 3.8) is 0 Å². The number of methoxy groups -OCH3 is 1. The van der Waals surface area contributed by atoms with Gasteiger partial charge in [-0.1, -0.05) is 31.2 Å². The van der Waals surface area contributed by atoms with Crippen LogP contribution in [0.15, 0.2) is 42.6 Å². The summed E-state index contributed by atoms with van der Waals surface area (Å²) in [5, 5.41) is 18.8. The molecule has 2 heterocycles. The van der Waals surface area contributed by atoms with E-state index in [4.69, 9.17) is 19.9 Å². The smallest absolute Gasteiger partial charge is 0.312 e. The van der Waals surface area contributed by atoms with Crippen LogP contribution in [0.1, 0.15) is 71.2 Å². The van der Waals surface area contributed by atoms with E-state index >= 15 is 0 Å². The van der Waals surface area contributed by atoms with Gasteiger partial charge in [-0.25, -0.2) is 9.48 Å². The number of rotatable bonds is 22. The van der Waals surface area contributed by atoms with Crippen LogP contribution in [-0.2, 0) is 56.1 Å². The van der Waals surface area contributed by atoms with Crippen LogP contribution in [-0.4, -0.2) is 107 Å². The molecule has 3 atom stereocenters. The monoisotopic (exact) mass is 783 g/mol. The molecule has 1 aromatic carbocycles. The van der Waals surface area contributed by atoms with E-state index in [1.165, 1.54) is 10.9 Å². The van der Waals surface area contributed by atoms with E-state index in [1.54, 1.807) is 66.0 Å². The molecule has 19 nitrogen and oxygen atoms in total. The fourth-order valence-electron chi connectivity index (χ4n) is 5.29. The Kier molecular flexibility index (Phi) is 17.1. The van der Waals surface area contributed by atoms with Crippen LogP contribution < -0.4 is 27.0 Å². The molecule has 1 aliphatic heterocycles. The molecule has 306 valence electrons. The van der Waals surface area contributed by atoms with E-state index in [1.807, 2.05) is 0 Å². The molecule has 0 spiro atoms. The van der Waals surface area contributed by atoms with E-state index < -0.39 is 71.4 Å². The number of hydrogen-bond donors (Lipinski definition) is 5. The van der Waals surface area contributed by atoms with Gasteiger partial charge >= 0.3 is 12.0 Å². The van der Waals surface area contributed by atoms with Crippen LogP contribution >= 0.6 is 0 Å². The van der Waals surface area contributed by atoms with Gasteiger partial charge in [-0.15, -0.1) is 5.10 Å². The third-order valence-electron chi connectivity index (χ3n) is 8.40. The van der Waals surface area contributed by atoms with Crippen molar-refractivity contribution in [2.45, 2.75) is 85.2 Å². The first-order valence-electron chi connectivity index (χ1n) is 18.2. The van der Waals surface area contributed by atoms with Crippen molar-refractivity contribution in [1.29, 1.82) is 0 Å². The Bertz CT molecular complexity index is 1700. The van der Waals surface area contributed by atoms with Gasteiger partial charge in [0.2, 0.25) is 17.7 Å². The number of nitrogens with one attached hydrogen (secondary N) is 4. The van der Waals surface area contributed by atoms with Crippen LogP contribution in [0.4, 0.5) is 10.5 Å². The first kappa shape index (κ1) is 44.7. The summed E-state index contributed by atoms with van der Waals surface area (Å²) in [5.41, 5.74) is 5.80. The molecule has 0 aliphatic carbocycles. The molecule has 0 radical (unpaired) electrons. The molecule has 0 bridgehead atoms. The number of nitrogens with zero attached hydrogens (tertiary/aromatic N) is 4. The average molecular weight is 784 g/mol. The maximum Gasteiger partial charge on any atom is 0.312 e. The predicted octanol–water partition coefficient (Wildman–Crippen LogP) is 1.10. The maximum atomic E-state index is 13.7. The second kappa shape index (κ2) is 21.4. The Labute approximate surface area is 325 Å². The molecule has 56 heavy (non-hydrogen) atoms. The highest BCUT2D eigenvalue weighted by atomic mass is 16.5. The molecular formula is C37H53N9O10. The fourth-order valence-corrected chi connectivity index (χ4v) is 5.29. The normalized spacial score (nSPS) is 14.3. The van der Waals surface area contributed by atoms with Crippen molar-refractivity contribution in [3.8, 4) is 0 Å². The predicted molar refractivity (Wildman–Crippen MR) is 201 cm³/mol. The summed E-state index contributed by atoms with van der Waals surface area (Å²) < 4.78 is 17.2. The molecule has 1 aliphatic rings. The number of ether oxygens (including phenoxy) is 3. The number of hydrogen-bond acceptors (Lipinski definition) is 12. The van der Waals surface area contributed by atoms with Crippen molar-refractivity contribution in [2.24, 2.45) is 17.1 Å². The van der Waals surface area contributed by atoms with E-state index in [-0.39, 0.29) is 44.3 Å². The topological polar surface area (TPSA) is 255 Å². The third kappa shape index (κ3) is 14.2. The number of primary amides is 1. The van der Waals surface area contributed by atoms with Crippen LogP contribution in [0.5, 0.6) is 0 Å². The number of amides is 7. The minimum Gasteiger partial charge on any atom is -0.460 e. The van der Waals surface area contributed by atoms with Gasteiger partial charge in [0.15, 0.2) is 0 Å². The highest BCUT2D eigenvalue weighted by molar-refractivity contribution is 6.13. The van der Waals surface area contributed by atoms with E-state index in [2.05, 4.69) is 31.6 Å². The number of esters is 1. The van der Waals surface area contributed by atoms with E-state index in [0.717, 1.165) is 17.1 Å². The molecular weight excluding hydrogens is 730 g/mol. The summed E-state index contributed by atoms with van der Waals surface area (Å²) in [7, 11) is 1.56. The lowest BCUT2D eigenvalue weighted by Crippen LogP contribution is -2.55. The van der Waals surface area contributed by atoms with Gasteiger partial charge in [0, 0.05) is 31.5 Å². The zero-order valence-electron chi connectivity index (χ0n) is 32.7. The fraction of sp³-hybridized carbons (Fsp3) is 0.541. The van der Waals surface area contributed by atoms with Crippen molar-refractivity contribution < 1.29 is 47.8 Å². The Morgan fingerprint density at radius 3 is 2.21 bits per heavy atom. The molecule has 0 fully saturated rings. The average Bonchev–Trinajstić information content (AvgIpc) is 3.74. The highest BCUT2D eigenvalue weighted by Crippen LogP contribution is 2.26. The number of benzene rings is 1. The number of carbonyl (C=O) groups excluding carboxylic acids is 7. The number of urea groups is 1. The zero-order valence-corrected chi connectivity index (χ0v) is 32.7. The van der Waals surface area contributed by atoms with Crippen molar-refractivity contribution >= 4 is 47.2 Å². The number of anilines is 1. The second-order valence-corrected chi connectivity index (χ2v) is 14.4. The summed E-state index contributed by atoms with van der Waals surface area (Å²) >= 11 is 0. The largest absolute Gasteiger partial charge is 0.460 e. The van der Waals surface area contributed by atoms with Crippen LogP contribution in [0, 0.1) is 11.3 Å². The highest BCUT2D eigenvalue weighted by Gasteiger charge is 2.37. The van der Waals surface area contributed by atoms with Crippen LogP contribution in [0.3, 0.4) is 0 Å². The summed E-state index contributed by atoms with van der Waals surface area (Å²) in [4.78, 5) is 90.5. The molecule has 0 unspecified atom stereocenters. The molecule has 0 saturated heterocycles. The van der Waals surface area contributed by atoms with Crippen LogP contribution in [0.25, 0.3) is 0 Å². The SMILES string of the molecule is COCCOCCn1cc([C@@H](CC(=O)N[C@H](C(=O)N[C@@H](CCCNC(N)=O)C(=O)Nc2ccc(COC(=O)C(C)(C)C)cc2)C(C)C)N2C(=O)C=CC2=O)nn1. The summed E-state index contributed by atoms with van der Waals surface area (Å²) in [6.07, 6.45) is 3.62. The summed E-state index contributed by atoms with van der Waals surface area (Å²) in [5.74, 6) is -4.00. The molecule has 0 saturated carbocycles. The molecule has 1 aromatic heterocycles. The van der Waals surface area contributed by atoms with Gasteiger partial charge in [0.25, 0.3) is 11.8 Å².